The summed E-state index contributed by atoms with van der Waals surface area (Å²) in [5.41, 5.74) is 0.829. The van der Waals surface area contributed by atoms with Crippen LogP contribution in [0, 0.1) is 0 Å². The fourth-order valence-electron chi connectivity index (χ4n) is 7.74. The van der Waals surface area contributed by atoms with E-state index in [9.17, 15) is 28.8 Å². The number of rotatable bonds is 8. The van der Waals surface area contributed by atoms with E-state index < -0.39 is 73.1 Å². The molecule has 66 heavy (non-hydrogen) atoms. The van der Waals surface area contributed by atoms with Crippen LogP contribution < -0.4 is 9.47 Å². The molecule has 0 aliphatic carbocycles. The Kier molecular flexibility index (Phi) is 14.9. The van der Waals surface area contributed by atoms with Crippen LogP contribution in [0.25, 0.3) is 0 Å². The van der Waals surface area contributed by atoms with Gasteiger partial charge in [-0.25, -0.2) is 9.59 Å². The highest BCUT2D eigenvalue weighted by Gasteiger charge is 2.48. The van der Waals surface area contributed by atoms with Crippen LogP contribution >= 0.6 is 0 Å². The molecule has 0 bridgehead atoms. The van der Waals surface area contributed by atoms with Gasteiger partial charge in [0.2, 0.25) is 0 Å². The van der Waals surface area contributed by atoms with Crippen LogP contribution in [0.2, 0.25) is 0 Å². The quantitative estimate of drug-likeness (QED) is 0.144. The lowest BCUT2D eigenvalue weighted by Gasteiger charge is -2.38. The maximum Gasteiger partial charge on any atom is 0.338 e. The van der Waals surface area contributed by atoms with Crippen molar-refractivity contribution in [2.24, 2.45) is 0 Å². The van der Waals surface area contributed by atoms with E-state index in [4.69, 9.17) is 37.9 Å². The molecule has 0 fully saturated rings. The highest BCUT2D eigenvalue weighted by atomic mass is 16.6. The molecule has 5 aromatic carbocycles. The van der Waals surface area contributed by atoms with Gasteiger partial charge in [-0.3, -0.25) is 29.0 Å². The van der Waals surface area contributed by atoms with Crippen molar-refractivity contribution in [1.29, 1.82) is 0 Å². The van der Waals surface area contributed by atoms with Crippen LogP contribution in [-0.4, -0.2) is 136 Å². The van der Waals surface area contributed by atoms with Crippen LogP contribution in [0.15, 0.2) is 133 Å². The first-order valence-electron chi connectivity index (χ1n) is 21.4. The Labute approximate surface area is 379 Å². The molecule has 16 heteroatoms. The molecule has 3 heterocycles. The SMILES string of the molecule is O=C(OC1[C@@H](CN2C(=O)c3ccccc3C2=O)OCCOCCOc2ccccc2OCCOCCO[C@H](CN2C(=O)c3ccccc3C2=O)[C@H]1OC(=O)c1ccccc1)c1ccccc1. The minimum Gasteiger partial charge on any atom is -0.487 e. The van der Waals surface area contributed by atoms with Crippen LogP contribution in [0.1, 0.15) is 62.1 Å². The molecule has 340 valence electrons. The summed E-state index contributed by atoms with van der Waals surface area (Å²) in [6.45, 7) is -0.980. The van der Waals surface area contributed by atoms with Crippen molar-refractivity contribution in [3.63, 3.8) is 0 Å². The lowest BCUT2D eigenvalue weighted by atomic mass is 10.00. The molecular formula is C50H46N2O14. The van der Waals surface area contributed by atoms with Crippen molar-refractivity contribution in [2.45, 2.75) is 24.4 Å². The number of ether oxygens (including phenoxy) is 8. The fourth-order valence-corrected chi connectivity index (χ4v) is 7.74. The van der Waals surface area contributed by atoms with Crippen molar-refractivity contribution in [2.75, 3.05) is 65.9 Å². The number of carbonyl (C=O) groups excluding carboxylic acids is 6. The number of hydrogen-bond acceptors (Lipinski definition) is 14. The summed E-state index contributed by atoms with van der Waals surface area (Å²) >= 11 is 0. The first-order chi connectivity index (χ1) is 32.3. The second-order valence-electron chi connectivity index (χ2n) is 15.2. The molecule has 0 saturated carbocycles. The molecule has 4 atom stereocenters. The van der Waals surface area contributed by atoms with Gasteiger partial charge in [0.05, 0.1) is 86.1 Å². The van der Waals surface area contributed by atoms with Crippen molar-refractivity contribution < 1.29 is 66.7 Å². The third-order valence-corrected chi connectivity index (χ3v) is 11.0. The minimum absolute atomic E-state index is 0.0414. The Balaban J connectivity index is 1.21. The predicted molar refractivity (Wildman–Crippen MR) is 233 cm³/mol. The van der Waals surface area contributed by atoms with Gasteiger partial charge in [0.1, 0.15) is 25.4 Å². The molecule has 0 N–H and O–H groups in total. The molecule has 1 unspecified atom stereocenters. The topological polar surface area (TPSA) is 183 Å². The second kappa shape index (κ2) is 21.6. The summed E-state index contributed by atoms with van der Waals surface area (Å²) in [7, 11) is 0. The van der Waals surface area contributed by atoms with E-state index in [1.54, 1.807) is 72.8 Å². The molecule has 16 nitrogen and oxygen atoms in total. The summed E-state index contributed by atoms with van der Waals surface area (Å²) in [5, 5.41) is 0. The summed E-state index contributed by atoms with van der Waals surface area (Å²) < 4.78 is 49.3. The number of imide groups is 2. The van der Waals surface area contributed by atoms with Gasteiger partial charge in [-0.2, -0.15) is 0 Å². The minimum atomic E-state index is -1.70. The lowest BCUT2D eigenvalue weighted by Crippen LogP contribution is -2.57. The zero-order valence-corrected chi connectivity index (χ0v) is 35.7. The Morgan fingerprint density at radius 2 is 0.742 bits per heavy atom. The molecule has 0 aromatic heterocycles. The lowest BCUT2D eigenvalue weighted by molar-refractivity contribution is -0.153. The van der Waals surface area contributed by atoms with Gasteiger partial charge in [-0.05, 0) is 60.7 Å². The monoisotopic (exact) mass is 898 g/mol. The molecule has 0 spiro atoms. The molecule has 0 radical (unpaired) electrons. The highest BCUT2D eigenvalue weighted by molar-refractivity contribution is 6.22. The normalized spacial score (nSPS) is 20.8. The van der Waals surface area contributed by atoms with Crippen LogP contribution in [0.4, 0.5) is 0 Å². The standard InChI is InChI=1S/C50H46N2O14/c53-45-35-17-7-8-18-36(35)46(54)51(45)31-41-43(65-49(57)33-13-3-1-4-14-33)44(66-50(58)34-15-5-2-6-16-34)42(32-52-47(55)37-19-9-10-20-38(37)48(52)56)64-30-26-60-24-28-62-40-22-12-11-21-39(40)61-27-23-59-25-29-63-41/h1-22,41-44H,23-32H2/t41-,42-,43-,44?/m1/s1. The van der Waals surface area contributed by atoms with E-state index in [0.29, 0.717) is 11.5 Å². The van der Waals surface area contributed by atoms with Crippen molar-refractivity contribution in [1.82, 2.24) is 9.80 Å². The molecule has 4 amide bonds. The average Bonchev–Trinajstić information content (AvgIpc) is 3.74. The van der Waals surface area contributed by atoms with Crippen LogP contribution in [0.5, 0.6) is 11.5 Å². The van der Waals surface area contributed by atoms with Gasteiger partial charge in [0.15, 0.2) is 23.7 Å². The van der Waals surface area contributed by atoms with Gasteiger partial charge in [0.25, 0.3) is 23.6 Å². The first-order valence-corrected chi connectivity index (χ1v) is 21.4. The van der Waals surface area contributed by atoms with Crippen molar-refractivity contribution in [3.05, 3.63) is 167 Å². The molecule has 3 aliphatic rings. The van der Waals surface area contributed by atoms with E-state index in [1.807, 2.05) is 12.1 Å². The van der Waals surface area contributed by atoms with Gasteiger partial charge in [-0.15, -0.1) is 0 Å². The van der Waals surface area contributed by atoms with Gasteiger partial charge in [0, 0.05) is 0 Å². The number of nitrogens with zero attached hydrogens (tertiary/aromatic N) is 2. The third-order valence-electron chi connectivity index (χ3n) is 11.0. The maximum absolute atomic E-state index is 14.3. The van der Waals surface area contributed by atoms with Gasteiger partial charge in [-0.1, -0.05) is 72.8 Å². The van der Waals surface area contributed by atoms with Crippen LogP contribution in [-0.2, 0) is 28.4 Å². The van der Waals surface area contributed by atoms with E-state index in [2.05, 4.69) is 0 Å². The van der Waals surface area contributed by atoms with Crippen LogP contribution in [0.3, 0.4) is 0 Å². The third kappa shape index (κ3) is 10.5. The number of hydrogen-bond donors (Lipinski definition) is 0. The molecule has 3 aliphatic heterocycles. The van der Waals surface area contributed by atoms with E-state index in [0.717, 1.165) is 9.80 Å². The molecule has 0 saturated heterocycles. The molecule has 8 rings (SSSR count). The smallest absolute Gasteiger partial charge is 0.338 e. The Morgan fingerprint density at radius 3 is 1.11 bits per heavy atom. The number of para-hydroxylation sites is 2. The summed E-state index contributed by atoms with van der Waals surface area (Å²) in [5.74, 6) is -3.32. The molecular weight excluding hydrogens is 853 g/mol. The highest BCUT2D eigenvalue weighted by Crippen LogP contribution is 2.30. The zero-order chi connectivity index (χ0) is 45.8. The predicted octanol–water partition coefficient (Wildman–Crippen LogP) is 5.31. The zero-order valence-electron chi connectivity index (χ0n) is 35.7. The van der Waals surface area contributed by atoms with E-state index >= 15 is 0 Å². The Morgan fingerprint density at radius 1 is 0.424 bits per heavy atom. The number of benzene rings is 5. The number of fused-ring (bicyclic) bond motifs is 3. The van der Waals surface area contributed by atoms with E-state index in [1.165, 1.54) is 48.5 Å². The first kappa shape index (κ1) is 45.3. The summed E-state index contributed by atoms with van der Waals surface area (Å²) in [6, 6.07) is 35.7. The number of esters is 2. The summed E-state index contributed by atoms with van der Waals surface area (Å²) in [4.78, 5) is 86.4. The number of carbonyl (C=O) groups is 6. The Bertz CT molecular complexity index is 2290. The van der Waals surface area contributed by atoms with Gasteiger partial charge < -0.3 is 37.9 Å². The Hall–Kier alpha value is -7.24. The van der Waals surface area contributed by atoms with Crippen molar-refractivity contribution in [3.8, 4) is 11.5 Å². The van der Waals surface area contributed by atoms with E-state index in [-0.39, 0.29) is 86.2 Å². The van der Waals surface area contributed by atoms with Crippen molar-refractivity contribution >= 4 is 35.6 Å². The fraction of sp³-hybridized carbons (Fsp3) is 0.280. The second-order valence-corrected chi connectivity index (χ2v) is 15.2. The molecule has 5 aromatic rings. The number of amides is 4. The average molecular weight is 899 g/mol. The van der Waals surface area contributed by atoms with Gasteiger partial charge >= 0.3 is 11.9 Å². The maximum atomic E-state index is 14.3. The largest absolute Gasteiger partial charge is 0.487 e. The summed E-state index contributed by atoms with van der Waals surface area (Å²) in [6.07, 6.45) is -6.30.